The first-order chi connectivity index (χ1) is 16.3. The van der Waals surface area contributed by atoms with Crippen LogP contribution in [0.25, 0.3) is 0 Å². The van der Waals surface area contributed by atoms with Crippen molar-refractivity contribution < 1.29 is 19.1 Å². The minimum atomic E-state index is -0.535. The molecule has 7 nitrogen and oxygen atoms in total. The molecule has 182 valence electrons. The monoisotopic (exact) mass is 503 g/mol. The summed E-state index contributed by atoms with van der Waals surface area (Å²) in [6.45, 7) is 5.47. The quantitative estimate of drug-likeness (QED) is 0.549. The molecule has 2 saturated heterocycles. The second-order valence-electron chi connectivity index (χ2n) is 9.14. The highest BCUT2D eigenvalue weighted by Crippen LogP contribution is 2.32. The number of piperidine rings is 1. The smallest absolute Gasteiger partial charge is 0.329 e. The standard InChI is InChI=1S/C25H30ClN3O4S/c1-16(2)33-25(32)21-8-5-11-29(21)24(31)20-15-34-23(27-20)17-9-12-28(13-10-17)22(30)14-18-6-3-4-7-19(18)26/h3-4,6-7,15-17,21H,5,8-14H2,1-2H3. The summed E-state index contributed by atoms with van der Waals surface area (Å²) in [5.74, 6) is -0.255. The molecule has 3 heterocycles. The predicted octanol–water partition coefficient (Wildman–Crippen LogP) is 4.30. The number of likely N-dealkylation sites (tertiary alicyclic amines) is 2. The van der Waals surface area contributed by atoms with Crippen LogP contribution in [-0.4, -0.2) is 64.3 Å². The van der Waals surface area contributed by atoms with Gasteiger partial charge >= 0.3 is 5.97 Å². The van der Waals surface area contributed by atoms with Crippen molar-refractivity contribution in [2.75, 3.05) is 19.6 Å². The maximum absolute atomic E-state index is 13.1. The van der Waals surface area contributed by atoms with Gasteiger partial charge in [-0.1, -0.05) is 29.8 Å². The minimum Gasteiger partial charge on any atom is -0.461 e. The van der Waals surface area contributed by atoms with Crippen molar-refractivity contribution in [1.82, 2.24) is 14.8 Å². The number of carbonyl (C=O) groups excluding carboxylic acids is 3. The van der Waals surface area contributed by atoms with Gasteiger partial charge in [-0.15, -0.1) is 11.3 Å². The summed E-state index contributed by atoms with van der Waals surface area (Å²) >= 11 is 7.68. The van der Waals surface area contributed by atoms with Crippen molar-refractivity contribution >= 4 is 40.7 Å². The highest BCUT2D eigenvalue weighted by molar-refractivity contribution is 7.09. The molecule has 0 saturated carbocycles. The molecule has 2 amide bonds. The number of benzene rings is 1. The van der Waals surface area contributed by atoms with Crippen LogP contribution in [0.1, 0.15) is 66.5 Å². The molecule has 2 aromatic rings. The Hall–Kier alpha value is -2.45. The predicted molar refractivity (Wildman–Crippen MR) is 131 cm³/mol. The lowest BCUT2D eigenvalue weighted by atomic mass is 9.97. The molecule has 1 aromatic carbocycles. The van der Waals surface area contributed by atoms with Crippen LogP contribution in [0.5, 0.6) is 0 Å². The SMILES string of the molecule is CC(C)OC(=O)C1CCCN1C(=O)c1csc(C2CCN(C(=O)Cc3ccccc3Cl)CC2)n1. The largest absolute Gasteiger partial charge is 0.461 e. The van der Waals surface area contributed by atoms with E-state index in [9.17, 15) is 14.4 Å². The Morgan fingerprint density at radius 2 is 1.88 bits per heavy atom. The summed E-state index contributed by atoms with van der Waals surface area (Å²) in [7, 11) is 0. The minimum absolute atomic E-state index is 0.0786. The number of hydrogen-bond acceptors (Lipinski definition) is 6. The van der Waals surface area contributed by atoms with E-state index in [2.05, 4.69) is 4.98 Å². The number of halogens is 1. The Kier molecular flexibility index (Phi) is 7.88. The number of nitrogens with zero attached hydrogens (tertiary/aromatic N) is 3. The Bertz CT molecular complexity index is 1050. The van der Waals surface area contributed by atoms with Gasteiger partial charge in [-0.25, -0.2) is 9.78 Å². The van der Waals surface area contributed by atoms with Crippen LogP contribution in [0.2, 0.25) is 5.02 Å². The molecule has 0 aliphatic carbocycles. The molecule has 34 heavy (non-hydrogen) atoms. The lowest BCUT2D eigenvalue weighted by Crippen LogP contribution is -2.42. The van der Waals surface area contributed by atoms with Gasteiger partial charge in [0.1, 0.15) is 11.7 Å². The first kappa shape index (κ1) is 24.7. The zero-order valence-electron chi connectivity index (χ0n) is 19.5. The maximum Gasteiger partial charge on any atom is 0.329 e. The Labute approximate surface area is 209 Å². The van der Waals surface area contributed by atoms with E-state index in [1.54, 1.807) is 30.2 Å². The fourth-order valence-corrected chi connectivity index (χ4v) is 5.75. The van der Waals surface area contributed by atoms with Crippen LogP contribution in [0.15, 0.2) is 29.6 Å². The summed E-state index contributed by atoms with van der Waals surface area (Å²) in [6, 6.07) is 6.90. The lowest BCUT2D eigenvalue weighted by Gasteiger charge is -2.31. The van der Waals surface area contributed by atoms with Crippen molar-refractivity contribution in [3.63, 3.8) is 0 Å². The Morgan fingerprint density at radius 3 is 2.59 bits per heavy atom. The average molecular weight is 504 g/mol. The first-order valence-corrected chi connectivity index (χ1v) is 13.1. The van der Waals surface area contributed by atoms with Gasteiger partial charge in [-0.3, -0.25) is 9.59 Å². The molecular formula is C25H30ClN3O4S. The van der Waals surface area contributed by atoms with Gasteiger partial charge in [0.25, 0.3) is 5.91 Å². The molecule has 2 aliphatic rings. The highest BCUT2D eigenvalue weighted by Gasteiger charge is 2.37. The number of rotatable bonds is 6. The van der Waals surface area contributed by atoms with Crippen molar-refractivity contribution in [1.29, 1.82) is 0 Å². The topological polar surface area (TPSA) is 79.8 Å². The average Bonchev–Trinajstić information content (AvgIpc) is 3.50. The zero-order chi connectivity index (χ0) is 24.2. The van der Waals surface area contributed by atoms with Gasteiger partial charge in [0.15, 0.2) is 0 Å². The fraction of sp³-hybridized carbons (Fsp3) is 0.520. The van der Waals surface area contributed by atoms with Crippen LogP contribution >= 0.6 is 22.9 Å². The van der Waals surface area contributed by atoms with Crippen molar-refractivity contribution in [3.05, 3.63) is 50.9 Å². The number of thiazole rings is 1. The van der Waals surface area contributed by atoms with Crippen LogP contribution in [0.3, 0.4) is 0 Å². The van der Waals surface area contributed by atoms with Crippen molar-refractivity contribution in [2.24, 2.45) is 0 Å². The molecule has 0 spiro atoms. The van der Waals surface area contributed by atoms with Crippen molar-refractivity contribution in [2.45, 2.75) is 64.0 Å². The van der Waals surface area contributed by atoms with Crippen LogP contribution in [0.4, 0.5) is 0 Å². The van der Waals surface area contributed by atoms with E-state index in [0.29, 0.717) is 43.2 Å². The normalized spacial score (nSPS) is 19.0. The molecule has 2 aliphatic heterocycles. The molecule has 4 rings (SSSR count). The van der Waals surface area contributed by atoms with Gasteiger partial charge in [0, 0.05) is 36.0 Å². The molecule has 1 atom stereocenters. The maximum atomic E-state index is 13.1. The molecule has 2 fully saturated rings. The third-order valence-corrected chi connectivity index (χ3v) is 7.75. The van der Waals surface area contributed by atoms with E-state index in [4.69, 9.17) is 16.3 Å². The number of amides is 2. The lowest BCUT2D eigenvalue weighted by molar-refractivity contribution is -0.152. The summed E-state index contributed by atoms with van der Waals surface area (Å²) in [6.07, 6.45) is 3.11. The number of aromatic nitrogens is 1. The van der Waals surface area contributed by atoms with E-state index in [-0.39, 0.29) is 29.8 Å². The number of ether oxygens (including phenoxy) is 1. The molecule has 0 radical (unpaired) electrons. The van der Waals surface area contributed by atoms with E-state index in [0.717, 1.165) is 29.8 Å². The molecule has 0 bridgehead atoms. The molecular weight excluding hydrogens is 474 g/mol. The second kappa shape index (κ2) is 10.9. The third-order valence-electron chi connectivity index (χ3n) is 6.38. The van der Waals surface area contributed by atoms with Gasteiger partial charge in [-0.2, -0.15) is 0 Å². The van der Waals surface area contributed by atoms with E-state index < -0.39 is 6.04 Å². The van der Waals surface area contributed by atoms with E-state index in [1.807, 2.05) is 23.1 Å². The van der Waals surface area contributed by atoms with Gasteiger partial charge in [0.2, 0.25) is 5.91 Å². The Morgan fingerprint density at radius 1 is 1.15 bits per heavy atom. The number of esters is 1. The van der Waals surface area contributed by atoms with Crippen LogP contribution in [0, 0.1) is 0 Å². The van der Waals surface area contributed by atoms with Crippen molar-refractivity contribution in [3.8, 4) is 0 Å². The van der Waals surface area contributed by atoms with Gasteiger partial charge in [-0.05, 0) is 51.2 Å². The highest BCUT2D eigenvalue weighted by atomic mass is 35.5. The number of hydrogen-bond donors (Lipinski definition) is 0. The molecule has 9 heteroatoms. The summed E-state index contributed by atoms with van der Waals surface area (Å²) in [5.41, 5.74) is 1.23. The molecule has 1 unspecified atom stereocenters. The second-order valence-corrected chi connectivity index (χ2v) is 10.4. The van der Waals surface area contributed by atoms with Crippen LogP contribution < -0.4 is 0 Å². The Balaban J connectivity index is 1.33. The third kappa shape index (κ3) is 5.61. The van der Waals surface area contributed by atoms with E-state index in [1.165, 1.54) is 11.3 Å². The first-order valence-electron chi connectivity index (χ1n) is 11.8. The zero-order valence-corrected chi connectivity index (χ0v) is 21.1. The number of carbonyl (C=O) groups is 3. The molecule has 1 aromatic heterocycles. The molecule has 0 N–H and O–H groups in total. The fourth-order valence-electron chi connectivity index (χ4n) is 4.58. The van der Waals surface area contributed by atoms with Gasteiger partial charge in [0.05, 0.1) is 17.5 Å². The van der Waals surface area contributed by atoms with Gasteiger partial charge < -0.3 is 14.5 Å². The summed E-state index contributed by atoms with van der Waals surface area (Å²) in [4.78, 5) is 46.3. The van der Waals surface area contributed by atoms with E-state index >= 15 is 0 Å². The summed E-state index contributed by atoms with van der Waals surface area (Å²) < 4.78 is 5.33. The summed E-state index contributed by atoms with van der Waals surface area (Å²) in [5, 5.41) is 3.32. The van der Waals surface area contributed by atoms with Crippen LogP contribution in [-0.2, 0) is 20.7 Å².